The van der Waals surface area contributed by atoms with E-state index in [0.29, 0.717) is 5.69 Å². The van der Waals surface area contributed by atoms with Crippen LogP contribution in [0.2, 0.25) is 0 Å². The summed E-state index contributed by atoms with van der Waals surface area (Å²) < 4.78 is 6.01. The highest BCUT2D eigenvalue weighted by molar-refractivity contribution is 6.05. The van der Waals surface area contributed by atoms with Gasteiger partial charge in [0.25, 0.3) is 5.91 Å². The number of anilines is 2. The van der Waals surface area contributed by atoms with Crippen LogP contribution in [0.25, 0.3) is 0 Å². The highest BCUT2D eigenvalue weighted by atomic mass is 16.6. The Morgan fingerprint density at radius 3 is 2.78 bits per heavy atom. The molecule has 0 aromatic carbocycles. The molecule has 0 aliphatic heterocycles. The molecule has 0 fully saturated rings. The number of carbonyl (C=O) groups is 1. The average molecular weight is 250 g/mol. The van der Waals surface area contributed by atoms with E-state index in [2.05, 4.69) is 25.4 Å². The van der Waals surface area contributed by atoms with Gasteiger partial charge in [-0.1, -0.05) is 13.8 Å². The van der Waals surface area contributed by atoms with Crippen molar-refractivity contribution in [3.05, 3.63) is 17.6 Å². The lowest BCUT2D eigenvalue weighted by atomic mass is 10.1. The molecule has 2 heterocycles. The summed E-state index contributed by atoms with van der Waals surface area (Å²) in [6, 6.07) is 0. The van der Waals surface area contributed by atoms with Crippen molar-refractivity contribution in [1.29, 1.82) is 0 Å². The second-order valence-electron chi connectivity index (χ2n) is 4.21. The quantitative estimate of drug-likeness (QED) is 0.831. The van der Waals surface area contributed by atoms with Crippen molar-refractivity contribution in [2.75, 3.05) is 11.1 Å². The molecule has 2 aromatic heterocycles. The van der Waals surface area contributed by atoms with E-state index in [-0.39, 0.29) is 17.4 Å². The highest BCUT2D eigenvalue weighted by Gasteiger charge is 2.19. The standard InChI is InChI=1S/C10H14N6O2/c1-5(2)7-6(4-16(3)13-7)12-10(17)8-9(11)15-18-14-8/h4-5H,1-3H3,(H2,11,15)(H,12,17). The molecular weight excluding hydrogens is 236 g/mol. The maximum absolute atomic E-state index is 11.9. The van der Waals surface area contributed by atoms with E-state index >= 15 is 0 Å². The fourth-order valence-electron chi connectivity index (χ4n) is 1.56. The number of aromatic nitrogens is 4. The molecule has 96 valence electrons. The van der Waals surface area contributed by atoms with E-state index < -0.39 is 5.91 Å². The fourth-order valence-corrected chi connectivity index (χ4v) is 1.56. The Hall–Kier alpha value is -2.38. The van der Waals surface area contributed by atoms with Crippen LogP contribution < -0.4 is 11.1 Å². The van der Waals surface area contributed by atoms with Gasteiger partial charge < -0.3 is 11.1 Å². The van der Waals surface area contributed by atoms with Gasteiger partial charge >= 0.3 is 0 Å². The summed E-state index contributed by atoms with van der Waals surface area (Å²) in [4.78, 5) is 11.9. The van der Waals surface area contributed by atoms with Crippen LogP contribution in [0.15, 0.2) is 10.8 Å². The SMILES string of the molecule is CC(C)c1nn(C)cc1NC(=O)c1nonc1N. The summed E-state index contributed by atoms with van der Waals surface area (Å²) in [6.07, 6.45) is 1.72. The van der Waals surface area contributed by atoms with Gasteiger partial charge in [0.05, 0.1) is 11.4 Å². The Morgan fingerprint density at radius 2 is 2.22 bits per heavy atom. The predicted octanol–water partition coefficient (Wildman–Crippen LogP) is 0.761. The minimum absolute atomic E-state index is 0.0337. The largest absolute Gasteiger partial charge is 0.379 e. The van der Waals surface area contributed by atoms with Crippen LogP contribution in [-0.4, -0.2) is 26.0 Å². The number of aryl methyl sites for hydroxylation is 1. The van der Waals surface area contributed by atoms with E-state index in [4.69, 9.17) is 5.73 Å². The molecule has 2 rings (SSSR count). The Morgan fingerprint density at radius 1 is 1.50 bits per heavy atom. The molecule has 1 amide bonds. The molecule has 0 aliphatic rings. The van der Waals surface area contributed by atoms with Gasteiger partial charge in [-0.3, -0.25) is 9.48 Å². The van der Waals surface area contributed by atoms with Crippen molar-refractivity contribution < 1.29 is 9.42 Å². The van der Waals surface area contributed by atoms with Crippen LogP contribution in [0, 0.1) is 0 Å². The fraction of sp³-hybridized carbons (Fsp3) is 0.400. The lowest BCUT2D eigenvalue weighted by molar-refractivity contribution is 0.101. The summed E-state index contributed by atoms with van der Waals surface area (Å²) >= 11 is 0. The lowest BCUT2D eigenvalue weighted by Gasteiger charge is -2.05. The van der Waals surface area contributed by atoms with Crippen LogP contribution in [0.4, 0.5) is 11.5 Å². The van der Waals surface area contributed by atoms with Crippen LogP contribution in [0.3, 0.4) is 0 Å². The molecule has 0 bridgehead atoms. The van der Waals surface area contributed by atoms with Gasteiger partial charge in [0.2, 0.25) is 11.5 Å². The maximum atomic E-state index is 11.9. The minimum atomic E-state index is -0.469. The number of hydrogen-bond donors (Lipinski definition) is 2. The third-order valence-corrected chi connectivity index (χ3v) is 2.38. The summed E-state index contributed by atoms with van der Waals surface area (Å²) in [6.45, 7) is 3.98. The molecule has 8 heteroatoms. The number of carbonyl (C=O) groups excluding carboxylic acids is 1. The first-order valence-corrected chi connectivity index (χ1v) is 5.42. The number of amides is 1. The molecule has 0 atom stereocenters. The zero-order valence-electron chi connectivity index (χ0n) is 10.3. The first-order valence-electron chi connectivity index (χ1n) is 5.42. The zero-order valence-corrected chi connectivity index (χ0v) is 10.3. The Labute approximate surface area is 103 Å². The van der Waals surface area contributed by atoms with Crippen molar-refractivity contribution in [2.45, 2.75) is 19.8 Å². The van der Waals surface area contributed by atoms with Crippen molar-refractivity contribution >= 4 is 17.4 Å². The molecule has 0 saturated heterocycles. The summed E-state index contributed by atoms with van der Waals surface area (Å²) in [5.74, 6) is -0.319. The van der Waals surface area contributed by atoms with Gasteiger partial charge in [0.15, 0.2) is 0 Å². The highest BCUT2D eigenvalue weighted by Crippen LogP contribution is 2.22. The number of nitrogens with zero attached hydrogens (tertiary/aromatic N) is 4. The molecule has 3 N–H and O–H groups in total. The molecule has 0 saturated carbocycles. The third-order valence-electron chi connectivity index (χ3n) is 2.38. The zero-order chi connectivity index (χ0) is 13.3. The normalized spacial score (nSPS) is 10.9. The van der Waals surface area contributed by atoms with Crippen molar-refractivity contribution in [3.63, 3.8) is 0 Å². The predicted molar refractivity (Wildman–Crippen MR) is 64.0 cm³/mol. The minimum Gasteiger partial charge on any atom is -0.379 e. The average Bonchev–Trinajstić information content (AvgIpc) is 2.84. The van der Waals surface area contributed by atoms with Crippen molar-refractivity contribution in [3.8, 4) is 0 Å². The first kappa shape index (κ1) is 12.1. The van der Waals surface area contributed by atoms with Crippen LogP contribution in [0.5, 0.6) is 0 Å². The molecule has 0 radical (unpaired) electrons. The molecular formula is C10H14N6O2. The van der Waals surface area contributed by atoms with E-state index in [1.54, 1.807) is 17.9 Å². The van der Waals surface area contributed by atoms with Gasteiger partial charge in [0, 0.05) is 13.2 Å². The third kappa shape index (κ3) is 2.17. The number of nitrogen functional groups attached to an aromatic ring is 1. The van der Waals surface area contributed by atoms with E-state index in [9.17, 15) is 4.79 Å². The summed E-state index contributed by atoms with van der Waals surface area (Å²) in [5, 5.41) is 13.8. The molecule has 8 nitrogen and oxygen atoms in total. The summed E-state index contributed by atoms with van der Waals surface area (Å²) in [7, 11) is 1.79. The van der Waals surface area contributed by atoms with Crippen LogP contribution >= 0.6 is 0 Å². The molecule has 18 heavy (non-hydrogen) atoms. The number of nitrogens with one attached hydrogen (secondary N) is 1. The maximum Gasteiger partial charge on any atom is 0.281 e. The van der Waals surface area contributed by atoms with Crippen LogP contribution in [0.1, 0.15) is 35.9 Å². The smallest absolute Gasteiger partial charge is 0.281 e. The van der Waals surface area contributed by atoms with E-state index in [1.165, 1.54) is 0 Å². The van der Waals surface area contributed by atoms with Crippen molar-refractivity contribution in [1.82, 2.24) is 20.1 Å². The topological polar surface area (TPSA) is 112 Å². The lowest BCUT2D eigenvalue weighted by Crippen LogP contribution is -2.15. The summed E-state index contributed by atoms with van der Waals surface area (Å²) in [5.41, 5.74) is 6.83. The van der Waals surface area contributed by atoms with Gasteiger partial charge in [-0.2, -0.15) is 5.10 Å². The van der Waals surface area contributed by atoms with E-state index in [1.807, 2.05) is 13.8 Å². The second kappa shape index (κ2) is 4.47. The van der Waals surface area contributed by atoms with Crippen molar-refractivity contribution in [2.24, 2.45) is 7.05 Å². The Bertz CT molecular complexity index is 571. The van der Waals surface area contributed by atoms with E-state index in [0.717, 1.165) is 5.69 Å². The number of rotatable bonds is 3. The van der Waals surface area contributed by atoms with Gasteiger partial charge in [-0.25, -0.2) is 4.63 Å². The molecule has 0 aliphatic carbocycles. The molecule has 2 aromatic rings. The monoisotopic (exact) mass is 250 g/mol. The second-order valence-corrected chi connectivity index (χ2v) is 4.21. The van der Waals surface area contributed by atoms with Gasteiger partial charge in [-0.15, -0.1) is 0 Å². The molecule has 0 unspecified atom stereocenters. The number of hydrogen-bond acceptors (Lipinski definition) is 6. The van der Waals surface area contributed by atoms with Gasteiger partial charge in [-0.05, 0) is 16.2 Å². The van der Waals surface area contributed by atoms with Gasteiger partial charge in [0.1, 0.15) is 0 Å². The van der Waals surface area contributed by atoms with Crippen LogP contribution in [-0.2, 0) is 7.05 Å². The Balaban J connectivity index is 2.24. The Kier molecular flexibility index (Phi) is 3.00. The first-order chi connectivity index (χ1) is 8.49. The number of nitrogens with two attached hydrogens (primary N) is 1. The molecule has 0 spiro atoms.